The van der Waals surface area contributed by atoms with E-state index >= 15 is 0 Å². The van der Waals surface area contributed by atoms with Crippen LogP contribution in [-0.2, 0) is 15.1 Å². The van der Waals surface area contributed by atoms with Gasteiger partial charge in [-0.3, -0.25) is 5.10 Å². The Bertz CT molecular complexity index is 382. The third-order valence-corrected chi connectivity index (χ3v) is 2.66. The Morgan fingerprint density at radius 1 is 1.69 bits per heavy atom. The number of H-pyrrole nitrogens is 1. The zero-order valence-electron chi connectivity index (χ0n) is 9.45. The van der Waals surface area contributed by atoms with Crippen LogP contribution in [0.3, 0.4) is 0 Å². The number of carbonyl (C=O) groups excluding carboxylic acids is 1. The maximum absolute atomic E-state index is 11.4. The van der Waals surface area contributed by atoms with Crippen LogP contribution >= 0.6 is 0 Å². The molecule has 88 valence electrons. The van der Waals surface area contributed by atoms with Gasteiger partial charge in [-0.2, -0.15) is 0 Å². The van der Waals surface area contributed by atoms with Crippen LogP contribution in [0.2, 0.25) is 0 Å². The van der Waals surface area contributed by atoms with Crippen LogP contribution in [0.15, 0.2) is 0 Å². The van der Waals surface area contributed by atoms with Gasteiger partial charge in [-0.25, -0.2) is 9.78 Å². The van der Waals surface area contributed by atoms with Crippen molar-refractivity contribution >= 4 is 5.97 Å². The molecule has 1 aliphatic heterocycles. The average Bonchev–Trinajstić information content (AvgIpc) is 2.86. The molecule has 0 aliphatic carbocycles. The van der Waals surface area contributed by atoms with E-state index < -0.39 is 11.6 Å². The highest BCUT2D eigenvalue weighted by Gasteiger charge is 2.35. The maximum Gasteiger partial charge on any atom is 0.378 e. The van der Waals surface area contributed by atoms with Crippen molar-refractivity contribution in [1.29, 1.82) is 0 Å². The van der Waals surface area contributed by atoms with Gasteiger partial charge in [0.15, 0.2) is 5.82 Å². The fourth-order valence-corrected chi connectivity index (χ4v) is 1.75. The van der Waals surface area contributed by atoms with Crippen molar-refractivity contribution in [3.63, 3.8) is 0 Å². The predicted octanol–water partition coefficient (Wildman–Crippen LogP) is 1.01. The molecule has 1 aliphatic rings. The molecule has 0 bridgehead atoms. The standard InChI is InChI=1S/C10H15N3O3/c1-3-15-8(14)7-11-9(13-12-7)10(2)5-4-6-16-10/h3-6H2,1-2H3,(H,11,12,13). The summed E-state index contributed by atoms with van der Waals surface area (Å²) in [6, 6.07) is 0. The number of hydrogen-bond donors (Lipinski definition) is 1. The molecule has 0 saturated carbocycles. The van der Waals surface area contributed by atoms with Crippen LogP contribution in [0.5, 0.6) is 0 Å². The van der Waals surface area contributed by atoms with Crippen LogP contribution in [0.4, 0.5) is 0 Å². The molecule has 0 radical (unpaired) electrons. The normalized spacial score (nSPS) is 24.6. The summed E-state index contributed by atoms with van der Waals surface area (Å²) >= 11 is 0. The highest BCUT2D eigenvalue weighted by Crippen LogP contribution is 2.33. The Kier molecular flexibility index (Phi) is 2.91. The summed E-state index contributed by atoms with van der Waals surface area (Å²) in [7, 11) is 0. The first kappa shape index (κ1) is 11.1. The molecule has 0 amide bonds. The Labute approximate surface area is 93.4 Å². The molecule has 6 nitrogen and oxygen atoms in total. The molecular weight excluding hydrogens is 210 g/mol. The summed E-state index contributed by atoms with van der Waals surface area (Å²) in [5.41, 5.74) is -0.447. The minimum Gasteiger partial charge on any atom is -0.460 e. The first-order valence-electron chi connectivity index (χ1n) is 5.39. The van der Waals surface area contributed by atoms with Crippen molar-refractivity contribution in [2.45, 2.75) is 32.3 Å². The summed E-state index contributed by atoms with van der Waals surface area (Å²) in [5.74, 6) is 0.147. The molecule has 6 heteroatoms. The van der Waals surface area contributed by atoms with Gasteiger partial charge in [0.1, 0.15) is 5.60 Å². The molecule has 1 aromatic rings. The fourth-order valence-electron chi connectivity index (χ4n) is 1.75. The molecule has 1 aromatic heterocycles. The molecule has 1 unspecified atom stereocenters. The number of aromatic amines is 1. The second-order valence-electron chi connectivity index (χ2n) is 3.91. The van der Waals surface area contributed by atoms with Crippen molar-refractivity contribution in [2.24, 2.45) is 0 Å². The minimum absolute atomic E-state index is 0.0635. The number of esters is 1. The van der Waals surface area contributed by atoms with Crippen LogP contribution < -0.4 is 0 Å². The summed E-state index contributed by atoms with van der Waals surface area (Å²) in [4.78, 5) is 15.5. The summed E-state index contributed by atoms with van der Waals surface area (Å²) < 4.78 is 10.4. The van der Waals surface area contributed by atoms with Gasteiger partial charge in [0.05, 0.1) is 6.61 Å². The van der Waals surface area contributed by atoms with Crippen LogP contribution in [0.1, 0.15) is 43.1 Å². The summed E-state index contributed by atoms with van der Waals surface area (Å²) in [6.07, 6.45) is 1.87. The van der Waals surface area contributed by atoms with Gasteiger partial charge in [0, 0.05) is 6.61 Å². The van der Waals surface area contributed by atoms with Gasteiger partial charge < -0.3 is 9.47 Å². The van der Waals surface area contributed by atoms with Gasteiger partial charge in [-0.15, -0.1) is 5.10 Å². The lowest BCUT2D eigenvalue weighted by atomic mass is 10.0. The Hall–Kier alpha value is -1.43. The Morgan fingerprint density at radius 3 is 3.12 bits per heavy atom. The average molecular weight is 225 g/mol. The highest BCUT2D eigenvalue weighted by molar-refractivity contribution is 5.84. The molecular formula is C10H15N3O3. The van der Waals surface area contributed by atoms with E-state index in [9.17, 15) is 4.79 Å². The maximum atomic E-state index is 11.4. The molecule has 0 spiro atoms. The largest absolute Gasteiger partial charge is 0.460 e. The summed E-state index contributed by atoms with van der Waals surface area (Å²) in [5, 5.41) is 6.57. The lowest BCUT2D eigenvalue weighted by Crippen LogP contribution is -2.22. The smallest absolute Gasteiger partial charge is 0.378 e. The number of carbonyl (C=O) groups is 1. The van der Waals surface area contributed by atoms with Crippen LogP contribution in [0.25, 0.3) is 0 Å². The first-order chi connectivity index (χ1) is 7.65. The van der Waals surface area contributed by atoms with Crippen molar-refractivity contribution in [3.8, 4) is 0 Å². The van der Waals surface area contributed by atoms with Crippen molar-refractivity contribution < 1.29 is 14.3 Å². The first-order valence-corrected chi connectivity index (χ1v) is 5.39. The number of rotatable bonds is 3. The predicted molar refractivity (Wildman–Crippen MR) is 54.9 cm³/mol. The van der Waals surface area contributed by atoms with Crippen LogP contribution in [0, 0.1) is 0 Å². The van der Waals surface area contributed by atoms with E-state index in [2.05, 4.69) is 15.2 Å². The van der Waals surface area contributed by atoms with Gasteiger partial charge in [0.25, 0.3) is 5.82 Å². The van der Waals surface area contributed by atoms with E-state index in [1.807, 2.05) is 6.92 Å². The highest BCUT2D eigenvalue weighted by atomic mass is 16.5. The fraction of sp³-hybridized carbons (Fsp3) is 0.700. The Morgan fingerprint density at radius 2 is 2.50 bits per heavy atom. The van der Waals surface area contributed by atoms with E-state index in [-0.39, 0.29) is 5.82 Å². The summed E-state index contributed by atoms with van der Waals surface area (Å²) in [6.45, 7) is 4.71. The van der Waals surface area contributed by atoms with Gasteiger partial charge in [-0.1, -0.05) is 0 Å². The van der Waals surface area contributed by atoms with E-state index in [4.69, 9.17) is 9.47 Å². The number of nitrogens with one attached hydrogen (secondary N) is 1. The Balaban J connectivity index is 2.16. The quantitative estimate of drug-likeness (QED) is 0.777. The lowest BCUT2D eigenvalue weighted by molar-refractivity contribution is 0.00955. The number of ether oxygens (including phenoxy) is 2. The SMILES string of the molecule is CCOC(=O)c1n[nH]c(C2(C)CCCO2)n1. The third kappa shape index (κ3) is 1.92. The number of nitrogens with zero attached hydrogens (tertiary/aromatic N) is 2. The molecule has 1 saturated heterocycles. The van der Waals surface area contributed by atoms with E-state index in [1.165, 1.54) is 0 Å². The molecule has 2 heterocycles. The number of aromatic nitrogens is 3. The molecule has 16 heavy (non-hydrogen) atoms. The second kappa shape index (κ2) is 4.21. The van der Waals surface area contributed by atoms with E-state index in [1.54, 1.807) is 6.92 Å². The van der Waals surface area contributed by atoms with Gasteiger partial charge in [0.2, 0.25) is 0 Å². The van der Waals surface area contributed by atoms with Gasteiger partial charge >= 0.3 is 5.97 Å². The zero-order valence-corrected chi connectivity index (χ0v) is 9.45. The molecule has 1 N–H and O–H groups in total. The van der Waals surface area contributed by atoms with Crippen LogP contribution in [-0.4, -0.2) is 34.4 Å². The van der Waals surface area contributed by atoms with E-state index in [0.29, 0.717) is 19.0 Å². The molecule has 2 rings (SSSR count). The topological polar surface area (TPSA) is 77.1 Å². The minimum atomic E-state index is -0.508. The van der Waals surface area contributed by atoms with Crippen molar-refractivity contribution in [3.05, 3.63) is 11.6 Å². The number of hydrogen-bond acceptors (Lipinski definition) is 5. The van der Waals surface area contributed by atoms with Gasteiger partial charge in [-0.05, 0) is 26.7 Å². The van der Waals surface area contributed by atoms with E-state index in [0.717, 1.165) is 12.8 Å². The second-order valence-corrected chi connectivity index (χ2v) is 3.91. The lowest BCUT2D eigenvalue weighted by Gasteiger charge is -2.18. The zero-order chi connectivity index (χ0) is 11.6. The monoisotopic (exact) mass is 225 g/mol. The molecule has 1 fully saturated rings. The third-order valence-electron chi connectivity index (χ3n) is 2.66. The molecule has 0 aromatic carbocycles. The molecule has 1 atom stereocenters. The van der Waals surface area contributed by atoms with Crippen molar-refractivity contribution in [1.82, 2.24) is 15.2 Å². The van der Waals surface area contributed by atoms with Crippen molar-refractivity contribution in [2.75, 3.05) is 13.2 Å².